The zero-order valence-corrected chi connectivity index (χ0v) is 16.9. The molecule has 0 aromatic rings. The van der Waals surface area contributed by atoms with Crippen molar-refractivity contribution in [1.29, 1.82) is 0 Å². The fourth-order valence-corrected chi connectivity index (χ4v) is 2.79. The predicted octanol–water partition coefficient (Wildman–Crippen LogP) is 3.41. The van der Waals surface area contributed by atoms with Crippen LogP contribution in [-0.2, 0) is 4.74 Å². The zero-order valence-electron chi connectivity index (χ0n) is 14.5. The van der Waals surface area contributed by atoms with E-state index in [1.54, 1.807) is 0 Å². The van der Waals surface area contributed by atoms with E-state index in [1.165, 1.54) is 6.42 Å². The predicted molar refractivity (Wildman–Crippen MR) is 102 cm³/mol. The minimum absolute atomic E-state index is 0. The average molecular weight is 411 g/mol. The molecule has 0 aromatic heterocycles. The lowest BCUT2D eigenvalue weighted by atomic mass is 9.78. The first-order valence-corrected chi connectivity index (χ1v) is 8.01. The Morgan fingerprint density at radius 1 is 1.33 bits per heavy atom. The molecule has 1 aliphatic heterocycles. The number of aliphatic imine (C=N–C) groups is 1. The van der Waals surface area contributed by atoms with Crippen LogP contribution in [0, 0.1) is 11.3 Å². The van der Waals surface area contributed by atoms with E-state index in [0.29, 0.717) is 18.1 Å². The second-order valence-electron chi connectivity index (χ2n) is 7.08. The van der Waals surface area contributed by atoms with Gasteiger partial charge in [-0.1, -0.05) is 20.8 Å². The summed E-state index contributed by atoms with van der Waals surface area (Å²) in [6.07, 6.45) is 2.68. The molecular weight excluding hydrogens is 377 g/mol. The minimum atomic E-state index is 0. The number of ether oxygens (including phenoxy) is 1. The Morgan fingerprint density at radius 2 is 2.00 bits per heavy atom. The summed E-state index contributed by atoms with van der Waals surface area (Å²) < 4.78 is 6.02. The Kier molecular flexibility index (Phi) is 9.85. The highest BCUT2D eigenvalue weighted by atomic mass is 127. The molecule has 0 saturated carbocycles. The number of nitrogens with one attached hydrogen (secondary N) is 2. The van der Waals surface area contributed by atoms with Gasteiger partial charge in [0.15, 0.2) is 5.96 Å². The zero-order chi connectivity index (χ0) is 15.2. The fraction of sp³-hybridized carbons (Fsp3) is 0.938. The van der Waals surface area contributed by atoms with E-state index in [-0.39, 0.29) is 29.4 Å². The Bertz CT molecular complexity index is 313. The Labute approximate surface area is 147 Å². The van der Waals surface area contributed by atoms with Gasteiger partial charge in [-0.3, -0.25) is 4.99 Å². The number of halogens is 1. The van der Waals surface area contributed by atoms with Gasteiger partial charge in [0.25, 0.3) is 0 Å². The second kappa shape index (κ2) is 9.87. The first-order valence-electron chi connectivity index (χ1n) is 8.01. The normalized spacial score (nSPS) is 23.7. The lowest BCUT2D eigenvalue weighted by Gasteiger charge is -2.39. The van der Waals surface area contributed by atoms with Gasteiger partial charge in [0, 0.05) is 31.7 Å². The highest BCUT2D eigenvalue weighted by Gasteiger charge is 2.35. The third kappa shape index (κ3) is 7.68. The van der Waals surface area contributed by atoms with Crippen LogP contribution >= 0.6 is 24.0 Å². The molecule has 2 N–H and O–H groups in total. The molecule has 0 aliphatic carbocycles. The number of rotatable bonds is 4. The van der Waals surface area contributed by atoms with E-state index in [9.17, 15) is 0 Å². The largest absolute Gasteiger partial charge is 0.377 e. The molecule has 126 valence electrons. The van der Waals surface area contributed by atoms with Crippen LogP contribution in [0.4, 0.5) is 0 Å². The first-order chi connectivity index (χ1) is 9.34. The van der Waals surface area contributed by atoms with E-state index >= 15 is 0 Å². The monoisotopic (exact) mass is 411 g/mol. The fourth-order valence-electron chi connectivity index (χ4n) is 2.79. The highest BCUT2D eigenvalue weighted by molar-refractivity contribution is 14.0. The van der Waals surface area contributed by atoms with Crippen LogP contribution in [0.3, 0.4) is 0 Å². The summed E-state index contributed by atoms with van der Waals surface area (Å²) in [6.45, 7) is 15.8. The highest BCUT2D eigenvalue weighted by Crippen LogP contribution is 2.34. The number of hydrogen-bond acceptors (Lipinski definition) is 2. The average Bonchev–Trinajstić information content (AvgIpc) is 2.35. The molecule has 1 saturated heterocycles. The summed E-state index contributed by atoms with van der Waals surface area (Å²) in [5.74, 6) is 1.44. The van der Waals surface area contributed by atoms with Gasteiger partial charge in [-0.15, -0.1) is 24.0 Å². The summed E-state index contributed by atoms with van der Waals surface area (Å²) in [7, 11) is 0. The van der Waals surface area contributed by atoms with Crippen molar-refractivity contribution < 1.29 is 4.74 Å². The standard InChI is InChI=1S/C16H33N3O.HI/c1-7-17-15(19-12(2)3)18-11-13-9-8-10-20-14(13)16(4,5)6;/h12-14H,7-11H2,1-6H3,(H2,17,18,19);1H. The van der Waals surface area contributed by atoms with Crippen molar-refractivity contribution in [3.63, 3.8) is 0 Å². The van der Waals surface area contributed by atoms with Crippen LogP contribution in [0.15, 0.2) is 4.99 Å². The summed E-state index contributed by atoms with van der Waals surface area (Å²) in [5, 5.41) is 6.68. The van der Waals surface area contributed by atoms with E-state index in [2.05, 4.69) is 52.2 Å². The third-order valence-corrected chi connectivity index (χ3v) is 3.55. The minimum Gasteiger partial charge on any atom is -0.377 e. The Hall–Kier alpha value is -0.0400. The van der Waals surface area contributed by atoms with Crippen LogP contribution in [0.1, 0.15) is 54.4 Å². The van der Waals surface area contributed by atoms with E-state index < -0.39 is 0 Å². The second-order valence-corrected chi connectivity index (χ2v) is 7.08. The van der Waals surface area contributed by atoms with Crippen LogP contribution < -0.4 is 10.6 Å². The van der Waals surface area contributed by atoms with Gasteiger partial charge in [-0.2, -0.15) is 0 Å². The molecule has 1 aliphatic rings. The molecule has 1 fully saturated rings. The molecule has 0 bridgehead atoms. The molecule has 0 amide bonds. The molecule has 21 heavy (non-hydrogen) atoms. The van der Waals surface area contributed by atoms with Gasteiger partial charge in [-0.05, 0) is 39.0 Å². The maximum absolute atomic E-state index is 6.02. The van der Waals surface area contributed by atoms with Crippen molar-refractivity contribution in [3.05, 3.63) is 0 Å². The summed E-state index contributed by atoms with van der Waals surface area (Å²) in [4.78, 5) is 4.76. The smallest absolute Gasteiger partial charge is 0.191 e. The molecule has 0 aromatic carbocycles. The van der Waals surface area contributed by atoms with Crippen LogP contribution in [0.5, 0.6) is 0 Å². The summed E-state index contributed by atoms with van der Waals surface area (Å²) >= 11 is 0. The summed E-state index contributed by atoms with van der Waals surface area (Å²) in [5.41, 5.74) is 0.185. The molecule has 2 atom stereocenters. The Morgan fingerprint density at radius 3 is 2.52 bits per heavy atom. The lowest BCUT2D eigenvalue weighted by Crippen LogP contribution is -2.44. The van der Waals surface area contributed by atoms with Crippen molar-refractivity contribution in [2.24, 2.45) is 16.3 Å². The Balaban J connectivity index is 0.00000400. The van der Waals surface area contributed by atoms with Gasteiger partial charge in [0.2, 0.25) is 0 Å². The molecule has 5 heteroatoms. The number of guanidine groups is 1. The van der Waals surface area contributed by atoms with Gasteiger partial charge in [-0.25, -0.2) is 0 Å². The van der Waals surface area contributed by atoms with Gasteiger partial charge < -0.3 is 15.4 Å². The van der Waals surface area contributed by atoms with Crippen LogP contribution in [-0.4, -0.2) is 37.8 Å². The van der Waals surface area contributed by atoms with E-state index in [0.717, 1.165) is 32.1 Å². The molecule has 1 heterocycles. The number of hydrogen-bond donors (Lipinski definition) is 2. The van der Waals surface area contributed by atoms with Crippen molar-refractivity contribution in [3.8, 4) is 0 Å². The maximum atomic E-state index is 6.02. The molecule has 0 radical (unpaired) electrons. The summed E-state index contributed by atoms with van der Waals surface area (Å²) in [6, 6.07) is 0.397. The first kappa shape index (κ1) is 21.0. The lowest BCUT2D eigenvalue weighted by molar-refractivity contribution is -0.0823. The van der Waals surface area contributed by atoms with Crippen LogP contribution in [0.25, 0.3) is 0 Å². The SMILES string of the molecule is CCNC(=NCC1CCCOC1C(C)(C)C)NC(C)C.I. The topological polar surface area (TPSA) is 45.7 Å². The van der Waals surface area contributed by atoms with Crippen LogP contribution in [0.2, 0.25) is 0 Å². The van der Waals surface area contributed by atoms with E-state index in [4.69, 9.17) is 9.73 Å². The molecule has 0 spiro atoms. The van der Waals surface area contributed by atoms with Gasteiger partial charge in [0.05, 0.1) is 6.10 Å². The van der Waals surface area contributed by atoms with Gasteiger partial charge >= 0.3 is 0 Å². The molecule has 1 rings (SSSR count). The van der Waals surface area contributed by atoms with Crippen molar-refractivity contribution in [2.45, 2.75) is 66.5 Å². The number of nitrogens with zero attached hydrogens (tertiary/aromatic N) is 1. The van der Waals surface area contributed by atoms with Crippen molar-refractivity contribution >= 4 is 29.9 Å². The quantitative estimate of drug-likeness (QED) is 0.424. The molecule has 4 nitrogen and oxygen atoms in total. The third-order valence-electron chi connectivity index (χ3n) is 3.55. The molecular formula is C16H34IN3O. The van der Waals surface area contributed by atoms with Crippen molar-refractivity contribution in [2.75, 3.05) is 19.7 Å². The van der Waals surface area contributed by atoms with Crippen molar-refractivity contribution in [1.82, 2.24) is 10.6 Å². The maximum Gasteiger partial charge on any atom is 0.191 e. The molecule has 2 unspecified atom stereocenters. The van der Waals surface area contributed by atoms with Gasteiger partial charge in [0.1, 0.15) is 0 Å². The van der Waals surface area contributed by atoms with E-state index in [1.807, 2.05) is 0 Å².